The van der Waals surface area contributed by atoms with Gasteiger partial charge in [0.05, 0.1) is 11.1 Å². The number of aromatic nitrogens is 4. The Morgan fingerprint density at radius 3 is 3.00 bits per heavy atom. The van der Waals surface area contributed by atoms with Gasteiger partial charge in [0.2, 0.25) is 5.95 Å². The van der Waals surface area contributed by atoms with Gasteiger partial charge in [0.1, 0.15) is 10.5 Å². The highest BCUT2D eigenvalue weighted by atomic mass is 35.5. The number of nitrogens with zero attached hydrogens (tertiary/aromatic N) is 4. The number of rotatable bonds is 2. The molecule has 3 heterocycles. The van der Waals surface area contributed by atoms with Crippen LogP contribution in [0, 0.1) is 0 Å². The fourth-order valence-electron chi connectivity index (χ4n) is 1.91. The van der Waals surface area contributed by atoms with Crippen LogP contribution in [0.25, 0.3) is 11.2 Å². The number of pyridine rings is 1. The molecule has 0 amide bonds. The van der Waals surface area contributed by atoms with E-state index in [1.54, 1.807) is 29.8 Å². The molecule has 92 valence electrons. The number of nitrogens with two attached hydrogens (primary N) is 1. The monoisotopic (exact) mass is 279 g/mol. The van der Waals surface area contributed by atoms with Crippen LogP contribution in [0.15, 0.2) is 23.8 Å². The van der Waals surface area contributed by atoms with Crippen LogP contribution >= 0.6 is 22.9 Å². The predicted molar refractivity (Wildman–Crippen MR) is 72.9 cm³/mol. The molecular weight excluding hydrogens is 270 g/mol. The highest BCUT2D eigenvalue weighted by molar-refractivity contribution is 7.09. The second kappa shape index (κ2) is 4.22. The zero-order valence-electron chi connectivity index (χ0n) is 9.54. The molecular formula is C11H10ClN5S. The average molecular weight is 280 g/mol. The molecule has 0 aliphatic rings. The van der Waals surface area contributed by atoms with Crippen molar-refractivity contribution in [1.29, 1.82) is 0 Å². The smallest absolute Gasteiger partial charge is 0.203 e. The molecule has 7 heteroatoms. The number of hydrogen-bond acceptors (Lipinski definition) is 5. The van der Waals surface area contributed by atoms with Gasteiger partial charge in [-0.25, -0.2) is 15.0 Å². The van der Waals surface area contributed by atoms with E-state index in [-0.39, 0.29) is 6.04 Å². The van der Waals surface area contributed by atoms with Gasteiger partial charge in [-0.1, -0.05) is 11.6 Å². The summed E-state index contributed by atoms with van der Waals surface area (Å²) in [6.45, 7) is 2.02. The molecule has 18 heavy (non-hydrogen) atoms. The van der Waals surface area contributed by atoms with Crippen LogP contribution in [0.4, 0.5) is 5.95 Å². The predicted octanol–water partition coefficient (Wildman–Crippen LogP) is 2.73. The first-order valence-electron chi connectivity index (χ1n) is 5.35. The minimum Gasteiger partial charge on any atom is -0.369 e. The lowest BCUT2D eigenvalue weighted by molar-refractivity contribution is 0.657. The summed E-state index contributed by atoms with van der Waals surface area (Å²) < 4.78 is 1.87. The maximum absolute atomic E-state index is 5.96. The number of nitrogen functional groups attached to an aromatic ring is 1. The van der Waals surface area contributed by atoms with E-state index in [0.29, 0.717) is 16.5 Å². The molecule has 0 radical (unpaired) electrons. The van der Waals surface area contributed by atoms with E-state index >= 15 is 0 Å². The van der Waals surface area contributed by atoms with Crippen LogP contribution in [-0.4, -0.2) is 19.5 Å². The molecule has 0 saturated heterocycles. The summed E-state index contributed by atoms with van der Waals surface area (Å²) in [4.78, 5) is 12.9. The molecule has 3 rings (SSSR count). The highest BCUT2D eigenvalue weighted by Gasteiger charge is 2.18. The van der Waals surface area contributed by atoms with E-state index in [2.05, 4.69) is 15.0 Å². The van der Waals surface area contributed by atoms with Crippen LogP contribution in [-0.2, 0) is 0 Å². The Balaban J connectivity index is 2.19. The Hall–Kier alpha value is -1.66. The summed E-state index contributed by atoms with van der Waals surface area (Å²) in [5.74, 6) is 0.419. The van der Waals surface area contributed by atoms with Crippen LogP contribution in [0.5, 0.6) is 0 Å². The van der Waals surface area contributed by atoms with E-state index in [9.17, 15) is 0 Å². The molecule has 5 nitrogen and oxygen atoms in total. The van der Waals surface area contributed by atoms with Gasteiger partial charge in [0.25, 0.3) is 0 Å². The minimum absolute atomic E-state index is 0.00340. The van der Waals surface area contributed by atoms with E-state index in [0.717, 1.165) is 10.7 Å². The van der Waals surface area contributed by atoms with Gasteiger partial charge in [-0.15, -0.1) is 11.3 Å². The van der Waals surface area contributed by atoms with Gasteiger partial charge < -0.3 is 5.73 Å². The molecule has 2 N–H and O–H groups in total. The molecule has 3 aromatic heterocycles. The number of hydrogen-bond donors (Lipinski definition) is 1. The Labute approximate surface area is 112 Å². The highest BCUT2D eigenvalue weighted by Crippen LogP contribution is 2.28. The molecule has 0 aromatic carbocycles. The van der Waals surface area contributed by atoms with Crippen molar-refractivity contribution in [2.75, 3.05) is 5.73 Å². The lowest BCUT2D eigenvalue weighted by Crippen LogP contribution is -2.10. The standard InChI is InChI=1S/C11H10ClN5S/c1-6(10-14-2-3-18-10)17-9-8(16-11(17)13)4-7(12)5-15-9/h2-6H,1H3,(H2,13,16). The van der Waals surface area contributed by atoms with Crippen molar-refractivity contribution in [3.05, 3.63) is 33.9 Å². The first-order valence-corrected chi connectivity index (χ1v) is 6.61. The van der Waals surface area contributed by atoms with Gasteiger partial charge in [0, 0.05) is 17.8 Å². The van der Waals surface area contributed by atoms with Gasteiger partial charge in [-0.3, -0.25) is 4.57 Å². The summed E-state index contributed by atoms with van der Waals surface area (Å²) in [6.07, 6.45) is 3.37. The second-order valence-corrected chi connectivity index (χ2v) is 5.25. The van der Waals surface area contributed by atoms with Gasteiger partial charge in [-0.05, 0) is 13.0 Å². The normalized spacial score (nSPS) is 13.0. The minimum atomic E-state index is 0.00340. The molecule has 0 bridgehead atoms. The Morgan fingerprint density at radius 2 is 2.28 bits per heavy atom. The van der Waals surface area contributed by atoms with E-state index < -0.39 is 0 Å². The number of imidazole rings is 1. The molecule has 1 unspecified atom stereocenters. The third-order valence-electron chi connectivity index (χ3n) is 2.72. The van der Waals surface area contributed by atoms with Gasteiger partial charge in [0.15, 0.2) is 5.65 Å². The van der Waals surface area contributed by atoms with Gasteiger partial charge in [-0.2, -0.15) is 0 Å². The quantitative estimate of drug-likeness (QED) is 0.783. The maximum Gasteiger partial charge on any atom is 0.203 e. The molecule has 0 spiro atoms. The van der Waals surface area contributed by atoms with Crippen molar-refractivity contribution in [3.63, 3.8) is 0 Å². The van der Waals surface area contributed by atoms with Gasteiger partial charge >= 0.3 is 0 Å². The van der Waals surface area contributed by atoms with Crippen LogP contribution in [0.2, 0.25) is 5.02 Å². The van der Waals surface area contributed by atoms with Crippen molar-refractivity contribution in [2.24, 2.45) is 0 Å². The van der Waals surface area contributed by atoms with Crippen LogP contribution in [0.3, 0.4) is 0 Å². The van der Waals surface area contributed by atoms with Crippen LogP contribution < -0.4 is 5.73 Å². The topological polar surface area (TPSA) is 69.6 Å². The lowest BCUT2D eigenvalue weighted by atomic mass is 10.3. The summed E-state index contributed by atoms with van der Waals surface area (Å²) >= 11 is 7.48. The van der Waals surface area contributed by atoms with Crippen molar-refractivity contribution < 1.29 is 0 Å². The molecule has 0 aliphatic carbocycles. The number of fused-ring (bicyclic) bond motifs is 1. The fraction of sp³-hybridized carbons (Fsp3) is 0.182. The lowest BCUT2D eigenvalue weighted by Gasteiger charge is -2.12. The van der Waals surface area contributed by atoms with Crippen molar-refractivity contribution in [1.82, 2.24) is 19.5 Å². The largest absolute Gasteiger partial charge is 0.369 e. The van der Waals surface area contributed by atoms with E-state index in [1.165, 1.54) is 0 Å². The van der Waals surface area contributed by atoms with Crippen LogP contribution in [0.1, 0.15) is 18.0 Å². The number of halogens is 1. The third-order valence-corrected chi connectivity index (χ3v) is 3.87. The zero-order chi connectivity index (χ0) is 12.7. The van der Waals surface area contributed by atoms with Crippen molar-refractivity contribution in [2.45, 2.75) is 13.0 Å². The van der Waals surface area contributed by atoms with Crippen molar-refractivity contribution in [3.8, 4) is 0 Å². The molecule has 3 aromatic rings. The van der Waals surface area contributed by atoms with E-state index in [4.69, 9.17) is 17.3 Å². The number of thiazole rings is 1. The zero-order valence-corrected chi connectivity index (χ0v) is 11.1. The third kappa shape index (κ3) is 1.74. The maximum atomic E-state index is 5.96. The molecule has 1 atom stereocenters. The Kier molecular flexibility index (Phi) is 2.68. The summed E-state index contributed by atoms with van der Waals surface area (Å²) in [5.41, 5.74) is 7.38. The molecule has 0 saturated carbocycles. The fourth-order valence-corrected chi connectivity index (χ4v) is 2.75. The molecule has 0 fully saturated rings. The SMILES string of the molecule is CC(c1nccs1)n1c(N)nc2cc(Cl)cnc21. The Morgan fingerprint density at radius 1 is 1.44 bits per heavy atom. The van der Waals surface area contributed by atoms with E-state index in [1.807, 2.05) is 16.9 Å². The summed E-state index contributed by atoms with van der Waals surface area (Å²) in [5, 5.41) is 3.46. The average Bonchev–Trinajstić information content (AvgIpc) is 2.94. The molecule has 0 aliphatic heterocycles. The number of anilines is 1. The first kappa shape index (κ1) is 11.4. The Bertz CT molecular complexity index is 691. The summed E-state index contributed by atoms with van der Waals surface area (Å²) in [7, 11) is 0. The van der Waals surface area contributed by atoms with Crippen molar-refractivity contribution >= 4 is 40.0 Å². The summed E-state index contributed by atoms with van der Waals surface area (Å²) in [6, 6.07) is 1.76. The second-order valence-electron chi connectivity index (χ2n) is 3.88. The first-order chi connectivity index (χ1) is 8.66.